The summed E-state index contributed by atoms with van der Waals surface area (Å²) in [4.78, 5) is 10.9. The van der Waals surface area contributed by atoms with Crippen LogP contribution in [-0.2, 0) is 11.4 Å². The van der Waals surface area contributed by atoms with Crippen molar-refractivity contribution in [2.45, 2.75) is 13.5 Å². The third-order valence-electron chi connectivity index (χ3n) is 4.36. The highest BCUT2D eigenvalue weighted by atomic mass is 16.4. The van der Waals surface area contributed by atoms with Crippen LogP contribution >= 0.6 is 0 Å². The molecule has 27 heavy (non-hydrogen) atoms. The molecule has 0 aliphatic heterocycles. The Kier molecular flexibility index (Phi) is 5.38. The zero-order valence-corrected chi connectivity index (χ0v) is 14.9. The van der Waals surface area contributed by atoms with Crippen LogP contribution < -0.4 is 0 Å². The lowest BCUT2D eigenvalue weighted by atomic mass is 9.92. The first kappa shape index (κ1) is 18.4. The molecule has 3 aromatic carbocycles. The molecule has 0 saturated heterocycles. The van der Waals surface area contributed by atoms with Gasteiger partial charge in [-0.3, -0.25) is 0 Å². The molecule has 0 aliphatic rings. The molecule has 0 heterocycles. The summed E-state index contributed by atoms with van der Waals surface area (Å²) >= 11 is 0. The smallest absolute Gasteiger partial charge is 0.328 e. The fourth-order valence-corrected chi connectivity index (χ4v) is 3.10. The minimum Gasteiger partial charge on any atom is -0.508 e. The summed E-state index contributed by atoms with van der Waals surface area (Å²) in [5.74, 6) is -1.00. The highest BCUT2D eigenvalue weighted by Crippen LogP contribution is 2.33. The normalized spacial score (nSPS) is 11.0. The van der Waals surface area contributed by atoms with Crippen molar-refractivity contribution in [1.82, 2.24) is 0 Å². The lowest BCUT2D eigenvalue weighted by Gasteiger charge is -2.13. The number of rotatable bonds is 5. The average molecular weight is 360 g/mol. The number of aromatic hydroxyl groups is 1. The number of aryl methyl sites for hydroxylation is 1. The first-order valence-corrected chi connectivity index (χ1v) is 8.53. The van der Waals surface area contributed by atoms with Crippen LogP contribution in [0, 0.1) is 6.92 Å². The number of aliphatic carboxylic acids is 1. The van der Waals surface area contributed by atoms with Crippen LogP contribution in [0.1, 0.15) is 16.7 Å². The Hall–Kier alpha value is -3.37. The molecule has 0 unspecified atom stereocenters. The van der Waals surface area contributed by atoms with E-state index in [1.54, 1.807) is 12.1 Å². The molecule has 4 nitrogen and oxygen atoms in total. The number of carbonyl (C=O) groups is 1. The van der Waals surface area contributed by atoms with Gasteiger partial charge in [-0.2, -0.15) is 0 Å². The number of phenolic OH excluding ortho intramolecular Hbond substituents is 1. The van der Waals surface area contributed by atoms with Gasteiger partial charge < -0.3 is 15.3 Å². The third kappa shape index (κ3) is 4.25. The first-order valence-electron chi connectivity index (χ1n) is 8.53. The third-order valence-corrected chi connectivity index (χ3v) is 4.36. The highest BCUT2D eigenvalue weighted by Gasteiger charge is 2.10. The Bertz CT molecular complexity index is 1020. The van der Waals surface area contributed by atoms with Gasteiger partial charge >= 0.3 is 5.97 Å². The Morgan fingerprint density at radius 1 is 0.963 bits per heavy atom. The SMILES string of the molecule is Cc1cccc(-c2ccc(-c3ccc(O)cc3C=CC(=O)O)cc2CO)c1. The summed E-state index contributed by atoms with van der Waals surface area (Å²) in [5.41, 5.74) is 6.09. The zero-order chi connectivity index (χ0) is 19.4. The maximum absolute atomic E-state index is 10.9. The van der Waals surface area contributed by atoms with Gasteiger partial charge in [0.1, 0.15) is 5.75 Å². The van der Waals surface area contributed by atoms with E-state index in [2.05, 4.69) is 6.07 Å². The summed E-state index contributed by atoms with van der Waals surface area (Å²) in [5, 5.41) is 28.5. The molecule has 0 aliphatic carbocycles. The molecule has 3 N–H and O–H groups in total. The number of carboxylic acids is 1. The maximum atomic E-state index is 10.9. The molecule has 0 radical (unpaired) electrons. The number of hydrogen-bond acceptors (Lipinski definition) is 3. The Morgan fingerprint density at radius 3 is 2.41 bits per heavy atom. The van der Waals surface area contributed by atoms with E-state index in [9.17, 15) is 15.0 Å². The molecule has 0 amide bonds. The van der Waals surface area contributed by atoms with E-state index in [0.29, 0.717) is 5.56 Å². The summed E-state index contributed by atoms with van der Waals surface area (Å²) < 4.78 is 0. The van der Waals surface area contributed by atoms with Gasteiger partial charge in [0, 0.05) is 6.08 Å². The van der Waals surface area contributed by atoms with Crippen molar-refractivity contribution in [3.05, 3.63) is 83.4 Å². The lowest BCUT2D eigenvalue weighted by molar-refractivity contribution is -0.131. The summed E-state index contributed by atoms with van der Waals surface area (Å²) in [6.07, 6.45) is 2.48. The Labute approximate surface area is 157 Å². The van der Waals surface area contributed by atoms with Gasteiger partial charge in [0.15, 0.2) is 0 Å². The van der Waals surface area contributed by atoms with E-state index in [4.69, 9.17) is 5.11 Å². The lowest BCUT2D eigenvalue weighted by Crippen LogP contribution is -1.93. The van der Waals surface area contributed by atoms with E-state index in [0.717, 1.165) is 39.5 Å². The van der Waals surface area contributed by atoms with E-state index < -0.39 is 5.97 Å². The molecule has 136 valence electrons. The van der Waals surface area contributed by atoms with E-state index in [1.807, 2.05) is 43.3 Å². The molecule has 0 spiro atoms. The van der Waals surface area contributed by atoms with Crippen molar-refractivity contribution in [2.75, 3.05) is 0 Å². The fourth-order valence-electron chi connectivity index (χ4n) is 3.10. The minimum absolute atomic E-state index is 0.0579. The fraction of sp³-hybridized carbons (Fsp3) is 0.0870. The highest BCUT2D eigenvalue weighted by molar-refractivity contribution is 5.88. The van der Waals surface area contributed by atoms with Crippen LogP contribution in [0.5, 0.6) is 5.75 Å². The molecule has 0 atom stereocenters. The predicted molar refractivity (Wildman–Crippen MR) is 106 cm³/mol. The van der Waals surface area contributed by atoms with Gasteiger partial charge in [0.2, 0.25) is 0 Å². The first-order chi connectivity index (χ1) is 13.0. The predicted octanol–water partition coefficient (Wildman–Crippen LogP) is 4.62. The number of benzene rings is 3. The van der Waals surface area contributed by atoms with Crippen molar-refractivity contribution in [3.63, 3.8) is 0 Å². The number of aliphatic hydroxyl groups is 1. The van der Waals surface area contributed by atoms with Crippen LogP contribution in [0.25, 0.3) is 28.3 Å². The van der Waals surface area contributed by atoms with Crippen molar-refractivity contribution >= 4 is 12.0 Å². The van der Waals surface area contributed by atoms with E-state index in [-0.39, 0.29) is 12.4 Å². The van der Waals surface area contributed by atoms with Crippen LogP contribution in [0.3, 0.4) is 0 Å². The van der Waals surface area contributed by atoms with Crippen LogP contribution in [-0.4, -0.2) is 21.3 Å². The summed E-state index contributed by atoms with van der Waals surface area (Å²) in [7, 11) is 0. The van der Waals surface area contributed by atoms with E-state index >= 15 is 0 Å². The second-order valence-corrected chi connectivity index (χ2v) is 6.34. The van der Waals surface area contributed by atoms with Crippen molar-refractivity contribution < 1.29 is 20.1 Å². The van der Waals surface area contributed by atoms with Gasteiger partial charge in [-0.15, -0.1) is 0 Å². The molecule has 0 fully saturated rings. The zero-order valence-electron chi connectivity index (χ0n) is 14.9. The molecule has 0 aromatic heterocycles. The average Bonchev–Trinajstić information content (AvgIpc) is 2.66. The standard InChI is InChI=1S/C23H20O4/c1-15-3-2-4-16(11-15)22-8-5-17(12-19(22)14-24)21-9-7-20(25)13-18(21)6-10-23(26)27/h2-13,24-25H,14H2,1H3,(H,26,27). The minimum atomic E-state index is -1.06. The van der Waals surface area contributed by atoms with Crippen molar-refractivity contribution in [3.8, 4) is 28.0 Å². The van der Waals surface area contributed by atoms with Crippen molar-refractivity contribution in [2.24, 2.45) is 0 Å². The molecule has 4 heteroatoms. The van der Waals surface area contributed by atoms with Gasteiger partial charge in [-0.1, -0.05) is 48.0 Å². The number of hydrogen-bond donors (Lipinski definition) is 3. The Balaban J connectivity index is 2.10. The molecule has 0 bridgehead atoms. The number of carboxylic acid groups (broad SMARTS) is 1. The summed E-state index contributed by atoms with van der Waals surface area (Å²) in [6, 6.07) is 18.7. The van der Waals surface area contributed by atoms with Crippen LogP contribution in [0.4, 0.5) is 0 Å². The second-order valence-electron chi connectivity index (χ2n) is 6.34. The van der Waals surface area contributed by atoms with Crippen molar-refractivity contribution in [1.29, 1.82) is 0 Å². The molecular formula is C23H20O4. The molecule has 3 rings (SSSR count). The molecular weight excluding hydrogens is 340 g/mol. The molecule has 0 saturated carbocycles. The maximum Gasteiger partial charge on any atom is 0.328 e. The quantitative estimate of drug-likeness (QED) is 0.580. The van der Waals surface area contributed by atoms with Crippen LogP contribution in [0.15, 0.2) is 66.7 Å². The number of phenols is 1. The van der Waals surface area contributed by atoms with Gasteiger partial charge in [0.05, 0.1) is 6.61 Å². The largest absolute Gasteiger partial charge is 0.508 e. The van der Waals surface area contributed by atoms with Gasteiger partial charge in [-0.25, -0.2) is 4.79 Å². The molecule has 3 aromatic rings. The Morgan fingerprint density at radius 2 is 1.70 bits per heavy atom. The van der Waals surface area contributed by atoms with Gasteiger partial charge in [0.25, 0.3) is 0 Å². The summed E-state index contributed by atoms with van der Waals surface area (Å²) in [6.45, 7) is 1.91. The van der Waals surface area contributed by atoms with E-state index in [1.165, 1.54) is 12.1 Å². The monoisotopic (exact) mass is 360 g/mol. The van der Waals surface area contributed by atoms with Crippen LogP contribution in [0.2, 0.25) is 0 Å². The van der Waals surface area contributed by atoms with Gasteiger partial charge in [-0.05, 0) is 64.6 Å². The topological polar surface area (TPSA) is 77.8 Å². The second kappa shape index (κ2) is 7.89. The number of aliphatic hydroxyl groups excluding tert-OH is 1.